The van der Waals surface area contributed by atoms with Gasteiger partial charge < -0.3 is 24.8 Å². The molecule has 2 spiro atoms. The van der Waals surface area contributed by atoms with Gasteiger partial charge in [-0.1, -0.05) is 0 Å². The van der Waals surface area contributed by atoms with Gasteiger partial charge in [0.05, 0.1) is 0 Å². The molecular formula is C28H38Cl2SiZr. The number of hydrogen-bond acceptors (Lipinski definition) is 0. The first kappa shape index (κ1) is 24.3. The van der Waals surface area contributed by atoms with Crippen LogP contribution in [0.25, 0.3) is 0 Å². The standard InChI is InChI=1S/C28H38Si.2ClH.Zr/c1-29(2,27-17-9-7-15-25(27)23-13-5-3-11-21(23)19-27)28-18-10-8-16-26(28)24-14-6-4-12-22(24)20-28;;;/h3-6,11-14,19-26H,7-10,15-18H2,1-2H3;2*1H;/q;;;+2/p-2. The third-order valence-electron chi connectivity index (χ3n) is 12.0. The van der Waals surface area contributed by atoms with Crippen molar-refractivity contribution in [3.05, 3.63) is 48.6 Å². The minimum Gasteiger partial charge on any atom is -1.00 e. The molecule has 172 valence electrons. The van der Waals surface area contributed by atoms with Gasteiger partial charge in [-0.15, -0.1) is 0 Å². The molecule has 0 N–H and O–H groups in total. The van der Waals surface area contributed by atoms with Crippen LogP contribution in [-0.2, 0) is 23.2 Å². The first-order valence-electron chi connectivity index (χ1n) is 13.1. The number of allylic oxidation sites excluding steroid dienone is 8. The van der Waals surface area contributed by atoms with Gasteiger partial charge in [-0.2, -0.15) is 0 Å². The van der Waals surface area contributed by atoms with E-state index in [1.807, 2.05) is 0 Å². The summed E-state index contributed by atoms with van der Waals surface area (Å²) in [5, 5.41) is 1.58. The molecule has 1 heterocycles. The van der Waals surface area contributed by atoms with Crippen LogP contribution in [0.5, 0.6) is 0 Å². The molecule has 0 aromatic heterocycles. The van der Waals surface area contributed by atoms with Gasteiger partial charge in [0, 0.05) is 0 Å². The number of halogens is 2. The van der Waals surface area contributed by atoms with Crippen LogP contribution in [0.1, 0.15) is 51.4 Å². The maximum absolute atomic E-state index is 2.98. The molecule has 32 heavy (non-hydrogen) atoms. The first-order chi connectivity index (χ1) is 14.6. The first-order valence-corrected chi connectivity index (χ1v) is 18.9. The van der Waals surface area contributed by atoms with Crippen LogP contribution in [0, 0.1) is 35.5 Å². The Bertz CT molecular complexity index is 809. The van der Waals surface area contributed by atoms with Crippen molar-refractivity contribution in [3.63, 3.8) is 0 Å². The molecule has 0 aromatic carbocycles. The molecular weight excluding hydrogens is 527 g/mol. The molecule has 0 radical (unpaired) electrons. The Morgan fingerprint density at radius 2 is 1.03 bits per heavy atom. The average Bonchev–Trinajstić information content (AvgIpc) is 3.25. The second-order valence-corrected chi connectivity index (χ2v) is 21.4. The molecule has 10 atom stereocenters. The molecule has 4 heteroatoms. The second-order valence-electron chi connectivity index (χ2n) is 12.4. The third-order valence-corrected chi connectivity index (χ3v) is 26.1. The van der Waals surface area contributed by atoms with Crippen molar-refractivity contribution in [1.82, 2.24) is 0 Å². The molecule has 0 aromatic rings. The molecule has 4 saturated carbocycles. The van der Waals surface area contributed by atoms with E-state index < -0.39 is 31.3 Å². The summed E-state index contributed by atoms with van der Waals surface area (Å²) in [5.74, 6) is 5.75. The normalized spacial score (nSPS) is 52.4. The third kappa shape index (κ3) is 2.66. The van der Waals surface area contributed by atoms with Crippen molar-refractivity contribution in [1.29, 1.82) is 0 Å². The van der Waals surface area contributed by atoms with Gasteiger partial charge in [-0.05, 0) is 0 Å². The molecule has 1 aliphatic heterocycles. The summed E-state index contributed by atoms with van der Waals surface area (Å²) in [7, 11) is -1.49. The predicted molar refractivity (Wildman–Crippen MR) is 125 cm³/mol. The van der Waals surface area contributed by atoms with E-state index in [1.54, 1.807) is 38.5 Å². The average molecular weight is 565 g/mol. The Kier molecular flexibility index (Phi) is 6.35. The van der Waals surface area contributed by atoms with Gasteiger partial charge in [0.2, 0.25) is 0 Å². The van der Waals surface area contributed by atoms with E-state index in [9.17, 15) is 0 Å². The maximum Gasteiger partial charge on any atom is -1.00 e. The molecule has 7 aliphatic rings. The SMILES string of the molecule is C[Si]1(C)C23CCCCC2C2C=CC=CC2[CH]3[Zr+2][CH]2C3C=CC=CC3C3CCCCC321.[Cl-].[Cl-]. The molecule has 0 amide bonds. The van der Waals surface area contributed by atoms with Crippen LogP contribution in [0.3, 0.4) is 0 Å². The summed E-state index contributed by atoms with van der Waals surface area (Å²) in [6, 6.07) is 0. The van der Waals surface area contributed by atoms with E-state index in [1.165, 1.54) is 12.8 Å². The Labute approximate surface area is 220 Å². The smallest absolute Gasteiger partial charge is 1.00 e. The maximum atomic E-state index is 2.98. The number of hydrogen-bond donors (Lipinski definition) is 0. The molecule has 7 rings (SSSR count). The monoisotopic (exact) mass is 562 g/mol. The van der Waals surface area contributed by atoms with E-state index in [0.717, 1.165) is 52.8 Å². The number of rotatable bonds is 0. The zero-order valence-electron chi connectivity index (χ0n) is 19.7. The van der Waals surface area contributed by atoms with Crippen molar-refractivity contribution in [2.24, 2.45) is 35.5 Å². The van der Waals surface area contributed by atoms with E-state index >= 15 is 0 Å². The van der Waals surface area contributed by atoms with Crippen LogP contribution in [0.4, 0.5) is 0 Å². The van der Waals surface area contributed by atoms with Crippen molar-refractivity contribution in [2.75, 3.05) is 0 Å². The fraction of sp³-hybridized carbons (Fsp3) is 0.714. The summed E-state index contributed by atoms with van der Waals surface area (Å²) in [5.41, 5.74) is 0. The zero-order valence-corrected chi connectivity index (χ0v) is 24.6. The Balaban J connectivity index is 0.00000108. The largest absolute Gasteiger partial charge is 1.00 e. The molecule has 0 bridgehead atoms. The van der Waals surface area contributed by atoms with Crippen LogP contribution >= 0.6 is 0 Å². The zero-order chi connectivity index (χ0) is 20.1. The fourth-order valence-corrected chi connectivity index (χ4v) is 31.4. The van der Waals surface area contributed by atoms with E-state index in [4.69, 9.17) is 0 Å². The summed E-state index contributed by atoms with van der Waals surface area (Å²) in [6.45, 7) is 5.97. The van der Waals surface area contributed by atoms with Crippen molar-refractivity contribution >= 4 is 8.07 Å². The van der Waals surface area contributed by atoms with Crippen molar-refractivity contribution in [3.8, 4) is 0 Å². The minimum atomic E-state index is -1.49. The summed E-state index contributed by atoms with van der Waals surface area (Å²) >= 11 is -0.495. The Morgan fingerprint density at radius 1 is 0.625 bits per heavy atom. The molecule has 0 nitrogen and oxygen atoms in total. The quantitative estimate of drug-likeness (QED) is 0.395. The Morgan fingerprint density at radius 3 is 1.47 bits per heavy atom. The molecule has 6 aliphatic carbocycles. The van der Waals surface area contributed by atoms with Crippen LogP contribution < -0.4 is 24.8 Å². The summed E-state index contributed by atoms with van der Waals surface area (Å²) in [4.78, 5) is 0. The van der Waals surface area contributed by atoms with Gasteiger partial charge in [0.15, 0.2) is 0 Å². The summed E-state index contributed by atoms with van der Waals surface area (Å²) in [6.07, 6.45) is 33.1. The van der Waals surface area contributed by atoms with Gasteiger partial charge in [0.1, 0.15) is 0 Å². The molecule has 1 saturated heterocycles. The number of fused-ring (bicyclic) bond motifs is 6. The topological polar surface area (TPSA) is 0 Å². The fourth-order valence-electron chi connectivity index (χ4n) is 11.2. The van der Waals surface area contributed by atoms with Crippen molar-refractivity contribution in [2.45, 2.75) is 81.8 Å². The van der Waals surface area contributed by atoms with E-state index in [-0.39, 0.29) is 24.8 Å². The van der Waals surface area contributed by atoms with E-state index in [2.05, 4.69) is 61.7 Å². The van der Waals surface area contributed by atoms with Crippen LogP contribution in [0.15, 0.2) is 48.6 Å². The van der Waals surface area contributed by atoms with Gasteiger partial charge >= 0.3 is 197 Å². The van der Waals surface area contributed by atoms with Gasteiger partial charge in [-0.3, -0.25) is 0 Å². The van der Waals surface area contributed by atoms with Crippen LogP contribution in [-0.4, -0.2) is 8.07 Å². The predicted octanol–water partition coefficient (Wildman–Crippen LogP) is 1.98. The van der Waals surface area contributed by atoms with Crippen molar-refractivity contribution < 1.29 is 48.0 Å². The molecule has 5 fully saturated rings. The summed E-state index contributed by atoms with van der Waals surface area (Å²) < 4.78 is 2.30. The van der Waals surface area contributed by atoms with E-state index in [0.29, 0.717) is 0 Å². The minimum absolute atomic E-state index is 0. The van der Waals surface area contributed by atoms with Gasteiger partial charge in [-0.25, -0.2) is 0 Å². The second kappa shape index (κ2) is 8.35. The molecule has 10 unspecified atom stereocenters. The Hall–Kier alpha value is 0.640. The van der Waals surface area contributed by atoms with Crippen LogP contribution in [0.2, 0.25) is 30.4 Å². The van der Waals surface area contributed by atoms with Gasteiger partial charge in [0.25, 0.3) is 0 Å².